The first kappa shape index (κ1) is 27.8. The minimum atomic E-state index is -5.62. The Morgan fingerprint density at radius 3 is 0.800 bits per heavy atom. The maximum absolute atomic E-state index is 11.1. The zero-order chi connectivity index (χ0) is 15.4. The van der Waals surface area contributed by atoms with Crippen molar-refractivity contribution in [1.29, 1.82) is 0 Å². The second kappa shape index (κ2) is 8.78. The van der Waals surface area contributed by atoms with Crippen LogP contribution >= 0.6 is 0 Å². The number of sulfonamides is 2. The molecular formula is C4H14F2N2O8S4-2. The first-order chi connectivity index (χ1) is 7.41. The molecule has 0 fully saturated rings. The lowest BCUT2D eigenvalue weighted by molar-refractivity contribution is 0.550. The summed E-state index contributed by atoms with van der Waals surface area (Å²) in [6, 6.07) is 0. The topological polar surface area (TPSA) is 165 Å². The molecule has 0 aliphatic heterocycles. The summed E-state index contributed by atoms with van der Waals surface area (Å²) in [6.45, 7) is 0. The van der Waals surface area contributed by atoms with Crippen molar-refractivity contribution in [1.82, 2.24) is 0 Å². The molecule has 128 valence electrons. The molecule has 0 atom stereocenters. The van der Waals surface area contributed by atoms with Gasteiger partial charge in [-0.1, -0.05) is 14.9 Å². The molecule has 0 saturated carbocycles. The Labute approximate surface area is 118 Å². The third-order valence-electron chi connectivity index (χ3n) is 0.449. The summed E-state index contributed by atoms with van der Waals surface area (Å²) in [5.74, 6) is 0. The molecule has 0 aliphatic carbocycles. The van der Waals surface area contributed by atoms with E-state index in [1.165, 1.54) is 0 Å². The SMILES string of the molecule is C.C.CS(=O)(=O)[N-]S(C)(=O)=O.O=S(=O)(F)[N-]S(=O)(=O)F. The molecule has 0 saturated heterocycles. The molecule has 20 heavy (non-hydrogen) atoms. The van der Waals surface area contributed by atoms with Gasteiger partial charge in [-0.3, -0.25) is 0 Å². The van der Waals surface area contributed by atoms with Gasteiger partial charge in [0.05, 0.1) is 20.0 Å². The normalized spacial score (nSPS) is 12.2. The Hall–Kier alpha value is -0.420. The van der Waals surface area contributed by atoms with E-state index in [1.807, 2.05) is 0 Å². The fourth-order valence-electron chi connectivity index (χ4n) is 0.352. The van der Waals surface area contributed by atoms with Gasteiger partial charge in [-0.2, -0.15) is 0 Å². The van der Waals surface area contributed by atoms with Crippen LogP contribution in [0.4, 0.5) is 7.77 Å². The second-order valence-corrected chi connectivity index (χ2v) is 8.21. The van der Waals surface area contributed by atoms with Gasteiger partial charge < -0.3 is 8.25 Å². The van der Waals surface area contributed by atoms with E-state index >= 15 is 0 Å². The van der Waals surface area contributed by atoms with E-state index in [1.54, 1.807) is 0 Å². The van der Waals surface area contributed by atoms with Crippen molar-refractivity contribution in [2.45, 2.75) is 14.9 Å². The average molecular weight is 384 g/mol. The number of nitrogens with zero attached hydrogens (tertiary/aromatic N) is 2. The van der Waals surface area contributed by atoms with E-state index in [0.717, 1.165) is 4.13 Å². The maximum atomic E-state index is 11.1. The summed E-state index contributed by atoms with van der Waals surface area (Å²) >= 11 is 0. The summed E-state index contributed by atoms with van der Waals surface area (Å²) in [4.78, 5) is 0. The number of rotatable bonds is 4. The molecule has 0 rings (SSSR count). The summed E-state index contributed by atoms with van der Waals surface area (Å²) in [5, 5.41) is 0. The van der Waals surface area contributed by atoms with E-state index in [9.17, 15) is 41.4 Å². The minimum absolute atomic E-state index is 0. The monoisotopic (exact) mass is 384 g/mol. The van der Waals surface area contributed by atoms with Crippen LogP contribution in [0.25, 0.3) is 8.25 Å². The first-order valence-corrected chi connectivity index (χ1v) is 9.57. The van der Waals surface area contributed by atoms with Gasteiger partial charge in [-0.25, -0.2) is 33.7 Å². The van der Waals surface area contributed by atoms with Crippen LogP contribution in [0.15, 0.2) is 0 Å². The van der Waals surface area contributed by atoms with Crippen molar-refractivity contribution < 1.29 is 41.4 Å². The Kier molecular flexibility index (Phi) is 12.2. The number of halogens is 2. The zero-order valence-electron chi connectivity index (χ0n) is 8.55. The van der Waals surface area contributed by atoms with Crippen LogP contribution in [0.2, 0.25) is 0 Å². The van der Waals surface area contributed by atoms with Crippen molar-refractivity contribution >= 4 is 40.9 Å². The lowest BCUT2D eigenvalue weighted by Crippen LogP contribution is -2.01. The highest BCUT2D eigenvalue weighted by atomic mass is 32.3. The predicted octanol–water partition coefficient (Wildman–Crippen LogP) is 0.340. The summed E-state index contributed by atoms with van der Waals surface area (Å²) in [7, 11) is -18.7. The predicted molar refractivity (Wildman–Crippen MR) is 69.9 cm³/mol. The van der Waals surface area contributed by atoms with Crippen LogP contribution in [0.5, 0.6) is 0 Å². The van der Waals surface area contributed by atoms with E-state index in [4.69, 9.17) is 0 Å². The highest BCUT2D eigenvalue weighted by Gasteiger charge is 2.01. The van der Waals surface area contributed by atoms with Gasteiger partial charge >= 0.3 is 0 Å². The van der Waals surface area contributed by atoms with E-state index in [0.29, 0.717) is 12.5 Å². The molecule has 0 unspecified atom stereocenters. The molecule has 0 spiro atoms. The standard InChI is InChI=1S/C2H6NO4S2.2CH4.F2NO4S2/c1-8(4,5)3-9(2,6)7;;;1-8(4,5)3-9(2,6)7/h1-2H3;2*1H4;/q-1;;;-1. The molecular weight excluding hydrogens is 370 g/mol. The molecule has 0 bridgehead atoms. The molecule has 0 N–H and O–H groups in total. The molecule has 10 nitrogen and oxygen atoms in total. The van der Waals surface area contributed by atoms with Gasteiger partial charge in [0, 0.05) is 12.5 Å². The van der Waals surface area contributed by atoms with Crippen LogP contribution in [0, 0.1) is 0 Å². The quantitative estimate of drug-likeness (QED) is 0.626. The molecule has 0 aromatic heterocycles. The van der Waals surface area contributed by atoms with Crippen molar-refractivity contribution in [3.63, 3.8) is 0 Å². The van der Waals surface area contributed by atoms with Gasteiger partial charge in [-0.15, -0.1) is 7.77 Å². The fraction of sp³-hybridized carbons (Fsp3) is 1.00. The van der Waals surface area contributed by atoms with E-state index < -0.39 is 40.9 Å². The number of hydrogen-bond donors (Lipinski definition) is 0. The van der Waals surface area contributed by atoms with E-state index in [-0.39, 0.29) is 14.9 Å². The lowest BCUT2D eigenvalue weighted by atomic mass is 12.0. The van der Waals surface area contributed by atoms with Crippen molar-refractivity contribution in [2.24, 2.45) is 0 Å². The summed E-state index contributed by atoms with van der Waals surface area (Å²) < 4.78 is 103. The molecule has 0 aromatic rings. The van der Waals surface area contributed by atoms with Gasteiger partial charge in [0.1, 0.15) is 0 Å². The van der Waals surface area contributed by atoms with Gasteiger partial charge in [-0.05, 0) is 0 Å². The van der Waals surface area contributed by atoms with Gasteiger partial charge in [0.15, 0.2) is 0 Å². The largest absolute Gasteiger partial charge is 0.437 e. The Balaban J connectivity index is -0.000000116. The van der Waals surface area contributed by atoms with Crippen molar-refractivity contribution in [2.75, 3.05) is 12.5 Å². The third-order valence-corrected chi connectivity index (χ3v) is 4.04. The first-order valence-electron chi connectivity index (χ1n) is 3.19. The molecule has 0 aliphatic rings. The molecule has 0 heterocycles. The molecule has 0 radical (unpaired) electrons. The van der Waals surface area contributed by atoms with E-state index in [2.05, 4.69) is 4.13 Å². The minimum Gasteiger partial charge on any atom is -0.437 e. The Morgan fingerprint density at radius 2 is 0.800 bits per heavy atom. The van der Waals surface area contributed by atoms with Crippen LogP contribution < -0.4 is 0 Å². The smallest absolute Gasteiger partial charge is 0.241 e. The summed E-state index contributed by atoms with van der Waals surface area (Å²) in [6.07, 6.45) is 1.43. The Morgan fingerprint density at radius 1 is 0.600 bits per heavy atom. The molecule has 0 amide bonds. The fourth-order valence-corrected chi connectivity index (χ4v) is 3.17. The molecule has 16 heteroatoms. The van der Waals surface area contributed by atoms with Crippen LogP contribution in [0.1, 0.15) is 14.9 Å². The maximum Gasteiger partial charge on any atom is 0.241 e. The van der Waals surface area contributed by atoms with Crippen LogP contribution in [-0.4, -0.2) is 46.2 Å². The highest BCUT2D eigenvalue weighted by Crippen LogP contribution is 2.11. The molecule has 0 aromatic carbocycles. The van der Waals surface area contributed by atoms with Crippen LogP contribution in [-0.2, 0) is 40.9 Å². The highest BCUT2D eigenvalue weighted by molar-refractivity contribution is 8.11. The second-order valence-electron chi connectivity index (χ2n) is 2.44. The van der Waals surface area contributed by atoms with Gasteiger partial charge in [0.2, 0.25) is 20.8 Å². The average Bonchev–Trinajstić information content (AvgIpc) is 1.64. The van der Waals surface area contributed by atoms with Crippen LogP contribution in [0.3, 0.4) is 0 Å². The summed E-state index contributed by atoms with van der Waals surface area (Å²) in [5.41, 5.74) is 0. The zero-order valence-corrected chi connectivity index (χ0v) is 11.8. The lowest BCUT2D eigenvalue weighted by Gasteiger charge is -2.11. The van der Waals surface area contributed by atoms with Gasteiger partial charge in [0.25, 0.3) is 0 Å². The number of hydrogen-bond acceptors (Lipinski definition) is 8. The van der Waals surface area contributed by atoms with Crippen molar-refractivity contribution in [3.05, 3.63) is 8.25 Å². The van der Waals surface area contributed by atoms with Crippen molar-refractivity contribution in [3.8, 4) is 0 Å². The Bertz CT molecular complexity index is 555. The third kappa shape index (κ3) is 36.0.